The maximum absolute atomic E-state index is 12.2. The lowest BCUT2D eigenvalue weighted by atomic mass is 9.80. The molecule has 2 aliphatic rings. The van der Waals surface area contributed by atoms with Crippen molar-refractivity contribution < 1.29 is 13.5 Å². The summed E-state index contributed by atoms with van der Waals surface area (Å²) in [5, 5.41) is 10.1. The van der Waals surface area contributed by atoms with Crippen LogP contribution in [0.3, 0.4) is 0 Å². The van der Waals surface area contributed by atoms with E-state index >= 15 is 0 Å². The second-order valence-electron chi connectivity index (χ2n) is 5.57. The van der Waals surface area contributed by atoms with E-state index in [1.165, 1.54) is 0 Å². The van der Waals surface area contributed by atoms with Crippen LogP contribution in [0, 0.1) is 0 Å². The molecular formula is C14H18O3S. The molecule has 2 aliphatic heterocycles. The van der Waals surface area contributed by atoms with Crippen molar-refractivity contribution in [2.45, 2.75) is 48.2 Å². The lowest BCUT2D eigenvalue weighted by Crippen LogP contribution is -2.50. The van der Waals surface area contributed by atoms with E-state index < -0.39 is 15.4 Å². The molecule has 3 nitrogen and oxygen atoms in total. The average molecular weight is 266 g/mol. The minimum atomic E-state index is -3.00. The predicted molar refractivity (Wildman–Crippen MR) is 69.9 cm³/mol. The van der Waals surface area contributed by atoms with Crippen LogP contribution < -0.4 is 0 Å². The normalized spacial score (nSPS) is 38.3. The van der Waals surface area contributed by atoms with Crippen LogP contribution in [0.15, 0.2) is 30.3 Å². The SMILES string of the molecule is O=S1(=O)C2CCCC1CC(O)(c1ccccc1)C2. The quantitative estimate of drug-likeness (QED) is 0.846. The number of aliphatic hydroxyl groups is 1. The summed E-state index contributed by atoms with van der Waals surface area (Å²) in [4.78, 5) is 0. The topological polar surface area (TPSA) is 54.4 Å². The molecule has 2 bridgehead atoms. The predicted octanol–water partition coefficient (Wildman–Crippen LogP) is 2.00. The molecule has 2 fully saturated rings. The van der Waals surface area contributed by atoms with Gasteiger partial charge < -0.3 is 5.11 Å². The Morgan fingerprint density at radius 1 is 1.06 bits per heavy atom. The molecule has 1 aromatic rings. The molecule has 0 saturated carbocycles. The van der Waals surface area contributed by atoms with Gasteiger partial charge in [0.2, 0.25) is 0 Å². The van der Waals surface area contributed by atoms with Gasteiger partial charge in [0.1, 0.15) is 0 Å². The van der Waals surface area contributed by atoms with Crippen molar-refractivity contribution in [1.82, 2.24) is 0 Å². The van der Waals surface area contributed by atoms with Gasteiger partial charge in [0.25, 0.3) is 0 Å². The van der Waals surface area contributed by atoms with Crippen LogP contribution in [0.1, 0.15) is 37.7 Å². The van der Waals surface area contributed by atoms with Gasteiger partial charge in [0.15, 0.2) is 9.84 Å². The highest BCUT2D eigenvalue weighted by atomic mass is 32.2. The number of rotatable bonds is 1. The summed E-state index contributed by atoms with van der Waals surface area (Å²) < 4.78 is 24.4. The fraction of sp³-hybridized carbons (Fsp3) is 0.571. The van der Waals surface area contributed by atoms with Crippen molar-refractivity contribution in [2.75, 3.05) is 0 Å². The fourth-order valence-corrected chi connectivity index (χ4v) is 5.98. The number of hydrogen-bond donors (Lipinski definition) is 1. The Morgan fingerprint density at radius 3 is 2.17 bits per heavy atom. The Morgan fingerprint density at radius 2 is 1.61 bits per heavy atom. The number of fused-ring (bicyclic) bond motifs is 2. The van der Waals surface area contributed by atoms with Crippen LogP contribution in [0.5, 0.6) is 0 Å². The lowest BCUT2D eigenvalue weighted by Gasteiger charge is -2.44. The first-order valence-corrected chi connectivity index (χ1v) is 8.14. The summed E-state index contributed by atoms with van der Waals surface area (Å²) in [6.45, 7) is 0. The number of benzene rings is 1. The molecule has 4 heteroatoms. The Labute approximate surface area is 108 Å². The molecule has 0 amide bonds. The largest absolute Gasteiger partial charge is 0.385 e. The molecule has 0 spiro atoms. The maximum Gasteiger partial charge on any atom is 0.156 e. The van der Waals surface area contributed by atoms with Gasteiger partial charge in [-0.05, 0) is 31.2 Å². The van der Waals surface area contributed by atoms with Gasteiger partial charge in [-0.25, -0.2) is 8.42 Å². The number of sulfone groups is 1. The van der Waals surface area contributed by atoms with Crippen molar-refractivity contribution in [3.63, 3.8) is 0 Å². The molecule has 0 radical (unpaired) electrons. The first-order valence-electron chi connectivity index (χ1n) is 6.53. The van der Waals surface area contributed by atoms with Gasteiger partial charge in [0.05, 0.1) is 16.1 Å². The molecule has 2 saturated heterocycles. The highest BCUT2D eigenvalue weighted by Crippen LogP contribution is 2.45. The van der Waals surface area contributed by atoms with E-state index in [1.54, 1.807) is 0 Å². The van der Waals surface area contributed by atoms with Crippen LogP contribution in [-0.2, 0) is 15.4 Å². The van der Waals surface area contributed by atoms with Crippen LogP contribution in [-0.4, -0.2) is 24.0 Å². The molecule has 0 aliphatic carbocycles. The molecule has 1 N–H and O–H groups in total. The van der Waals surface area contributed by atoms with Gasteiger partial charge in [-0.3, -0.25) is 0 Å². The van der Waals surface area contributed by atoms with Gasteiger partial charge in [-0.1, -0.05) is 36.8 Å². The molecular weight excluding hydrogens is 248 g/mol. The summed E-state index contributed by atoms with van der Waals surface area (Å²) >= 11 is 0. The van der Waals surface area contributed by atoms with Crippen LogP contribution >= 0.6 is 0 Å². The molecule has 18 heavy (non-hydrogen) atoms. The Bertz CT molecular complexity index is 515. The van der Waals surface area contributed by atoms with E-state index in [0.29, 0.717) is 25.7 Å². The maximum atomic E-state index is 12.2. The third-order valence-corrected chi connectivity index (χ3v) is 7.09. The van der Waals surface area contributed by atoms with Crippen LogP contribution in [0.25, 0.3) is 0 Å². The van der Waals surface area contributed by atoms with E-state index in [9.17, 15) is 13.5 Å². The standard InChI is InChI=1S/C14H18O3S/c15-14(11-5-2-1-3-6-11)9-12-7-4-8-13(10-14)18(12,16)17/h1-3,5-6,12-13,15H,4,7-10H2. The van der Waals surface area contributed by atoms with E-state index in [4.69, 9.17) is 0 Å². The minimum Gasteiger partial charge on any atom is -0.385 e. The smallest absolute Gasteiger partial charge is 0.156 e. The summed E-state index contributed by atoms with van der Waals surface area (Å²) in [7, 11) is -3.00. The molecule has 98 valence electrons. The Balaban J connectivity index is 1.98. The highest BCUT2D eigenvalue weighted by Gasteiger charge is 2.50. The van der Waals surface area contributed by atoms with Gasteiger partial charge in [0, 0.05) is 0 Å². The van der Waals surface area contributed by atoms with Gasteiger partial charge >= 0.3 is 0 Å². The zero-order valence-electron chi connectivity index (χ0n) is 10.2. The Hall–Kier alpha value is -0.870. The summed E-state index contributed by atoms with van der Waals surface area (Å²) in [5.74, 6) is 0. The highest BCUT2D eigenvalue weighted by molar-refractivity contribution is 7.92. The third kappa shape index (κ3) is 1.79. The van der Waals surface area contributed by atoms with Crippen molar-refractivity contribution >= 4 is 9.84 Å². The van der Waals surface area contributed by atoms with E-state index in [2.05, 4.69) is 0 Å². The van der Waals surface area contributed by atoms with E-state index in [1.807, 2.05) is 30.3 Å². The second-order valence-corrected chi connectivity index (χ2v) is 8.08. The van der Waals surface area contributed by atoms with Crippen molar-refractivity contribution in [2.24, 2.45) is 0 Å². The fourth-order valence-electron chi connectivity index (χ4n) is 3.43. The summed E-state index contributed by atoms with van der Waals surface area (Å²) in [6.07, 6.45) is 3.09. The van der Waals surface area contributed by atoms with Crippen LogP contribution in [0.4, 0.5) is 0 Å². The molecule has 2 atom stereocenters. The van der Waals surface area contributed by atoms with Gasteiger partial charge in [-0.15, -0.1) is 0 Å². The lowest BCUT2D eigenvalue weighted by molar-refractivity contribution is 0.00501. The molecule has 0 aromatic heterocycles. The summed E-state index contributed by atoms with van der Waals surface area (Å²) in [5.41, 5.74) is -0.0979. The molecule has 2 heterocycles. The number of hydrogen-bond acceptors (Lipinski definition) is 3. The van der Waals surface area contributed by atoms with E-state index in [0.717, 1.165) is 12.0 Å². The minimum absolute atomic E-state index is 0.352. The zero-order chi connectivity index (χ0) is 12.8. The van der Waals surface area contributed by atoms with Crippen molar-refractivity contribution in [3.8, 4) is 0 Å². The first-order chi connectivity index (χ1) is 8.52. The average Bonchev–Trinajstić information content (AvgIpc) is 2.33. The second kappa shape index (κ2) is 4.07. The van der Waals surface area contributed by atoms with Crippen LogP contribution in [0.2, 0.25) is 0 Å². The third-order valence-electron chi connectivity index (χ3n) is 4.42. The van der Waals surface area contributed by atoms with Gasteiger partial charge in [-0.2, -0.15) is 0 Å². The Kier molecular flexibility index (Phi) is 2.75. The van der Waals surface area contributed by atoms with E-state index in [-0.39, 0.29) is 10.5 Å². The first kappa shape index (κ1) is 12.2. The van der Waals surface area contributed by atoms with Crippen molar-refractivity contribution in [1.29, 1.82) is 0 Å². The molecule has 1 aromatic carbocycles. The molecule has 3 rings (SSSR count). The zero-order valence-corrected chi connectivity index (χ0v) is 11.1. The monoisotopic (exact) mass is 266 g/mol. The molecule has 2 unspecified atom stereocenters. The van der Waals surface area contributed by atoms with Crippen molar-refractivity contribution in [3.05, 3.63) is 35.9 Å². The summed E-state index contributed by atoms with van der Waals surface area (Å²) in [6, 6.07) is 9.49.